The summed E-state index contributed by atoms with van der Waals surface area (Å²) in [6.45, 7) is 2.94. The molecular weight excluding hydrogens is 166 g/mol. The Hall–Kier alpha value is -0.870. The highest BCUT2D eigenvalue weighted by Crippen LogP contribution is 2.11. The van der Waals surface area contributed by atoms with Crippen molar-refractivity contribution in [2.45, 2.75) is 25.4 Å². The Morgan fingerprint density at radius 1 is 1.54 bits per heavy atom. The molecule has 13 heavy (non-hydrogen) atoms. The van der Waals surface area contributed by atoms with Gasteiger partial charge in [0.2, 0.25) is 5.89 Å². The summed E-state index contributed by atoms with van der Waals surface area (Å²) in [5.41, 5.74) is 5.80. The molecule has 0 amide bonds. The maximum atomic E-state index is 5.80. The lowest BCUT2D eigenvalue weighted by Gasteiger charge is -2.28. The smallest absolute Gasteiger partial charge is 0.208 e. The van der Waals surface area contributed by atoms with Crippen LogP contribution in [-0.4, -0.2) is 29.0 Å². The monoisotopic (exact) mass is 181 g/mol. The van der Waals surface area contributed by atoms with Crippen molar-refractivity contribution in [3.05, 3.63) is 18.4 Å². The molecule has 0 spiro atoms. The van der Waals surface area contributed by atoms with Crippen molar-refractivity contribution < 1.29 is 4.42 Å². The molecule has 1 fully saturated rings. The van der Waals surface area contributed by atoms with Gasteiger partial charge in [-0.2, -0.15) is 0 Å². The number of likely N-dealkylation sites (tertiary alicyclic amines) is 1. The predicted molar refractivity (Wildman–Crippen MR) is 49.0 cm³/mol. The number of oxazole rings is 1. The van der Waals surface area contributed by atoms with Crippen LogP contribution in [0.25, 0.3) is 0 Å². The third kappa shape index (κ3) is 2.29. The van der Waals surface area contributed by atoms with Crippen LogP contribution >= 0.6 is 0 Å². The Kier molecular flexibility index (Phi) is 2.61. The van der Waals surface area contributed by atoms with Gasteiger partial charge in [-0.15, -0.1) is 0 Å². The highest BCUT2D eigenvalue weighted by atomic mass is 16.3. The van der Waals surface area contributed by atoms with E-state index < -0.39 is 0 Å². The van der Waals surface area contributed by atoms with Gasteiger partial charge >= 0.3 is 0 Å². The van der Waals surface area contributed by atoms with Gasteiger partial charge in [0.05, 0.1) is 12.7 Å². The summed E-state index contributed by atoms with van der Waals surface area (Å²) in [4.78, 5) is 6.42. The largest absolute Gasteiger partial charge is 0.448 e. The second kappa shape index (κ2) is 3.89. The summed E-state index contributed by atoms with van der Waals surface area (Å²) in [7, 11) is 0. The van der Waals surface area contributed by atoms with Gasteiger partial charge in [-0.1, -0.05) is 0 Å². The van der Waals surface area contributed by atoms with Gasteiger partial charge < -0.3 is 10.2 Å². The molecule has 0 aromatic carbocycles. The van der Waals surface area contributed by atoms with Crippen LogP contribution in [0.2, 0.25) is 0 Å². The molecular formula is C9H15N3O. The average Bonchev–Trinajstić information content (AvgIpc) is 2.62. The molecule has 0 saturated carbocycles. The van der Waals surface area contributed by atoms with Gasteiger partial charge in [-0.05, 0) is 12.8 Å². The van der Waals surface area contributed by atoms with Crippen molar-refractivity contribution in [2.75, 3.05) is 13.1 Å². The maximum Gasteiger partial charge on any atom is 0.208 e. The molecule has 1 aliphatic heterocycles. The van der Waals surface area contributed by atoms with E-state index in [1.807, 2.05) is 0 Å². The van der Waals surface area contributed by atoms with Crippen molar-refractivity contribution in [2.24, 2.45) is 5.73 Å². The van der Waals surface area contributed by atoms with Gasteiger partial charge in [0.25, 0.3) is 0 Å². The van der Waals surface area contributed by atoms with Gasteiger partial charge in [0, 0.05) is 19.1 Å². The minimum Gasteiger partial charge on any atom is -0.448 e. The zero-order chi connectivity index (χ0) is 9.10. The van der Waals surface area contributed by atoms with Crippen molar-refractivity contribution in [1.82, 2.24) is 9.88 Å². The van der Waals surface area contributed by atoms with Gasteiger partial charge in [0.15, 0.2) is 0 Å². The van der Waals surface area contributed by atoms with Gasteiger partial charge in [0.1, 0.15) is 6.26 Å². The first-order valence-electron chi connectivity index (χ1n) is 4.71. The Bertz CT molecular complexity index is 239. The van der Waals surface area contributed by atoms with Crippen molar-refractivity contribution in [3.8, 4) is 0 Å². The number of piperidine rings is 1. The first-order chi connectivity index (χ1) is 6.34. The molecule has 0 atom stereocenters. The van der Waals surface area contributed by atoms with E-state index in [2.05, 4.69) is 9.88 Å². The lowest BCUT2D eigenvalue weighted by molar-refractivity contribution is 0.188. The Labute approximate surface area is 77.7 Å². The Morgan fingerprint density at radius 3 is 2.92 bits per heavy atom. The summed E-state index contributed by atoms with van der Waals surface area (Å²) in [5, 5.41) is 0. The molecule has 4 nitrogen and oxygen atoms in total. The minimum atomic E-state index is 0.390. The third-order valence-electron chi connectivity index (χ3n) is 2.47. The molecule has 0 unspecified atom stereocenters. The Balaban J connectivity index is 1.83. The zero-order valence-corrected chi connectivity index (χ0v) is 7.65. The van der Waals surface area contributed by atoms with Crippen LogP contribution in [0.15, 0.2) is 16.9 Å². The van der Waals surface area contributed by atoms with Crippen LogP contribution < -0.4 is 5.73 Å². The number of nitrogens with zero attached hydrogens (tertiary/aromatic N) is 2. The van der Waals surface area contributed by atoms with E-state index in [-0.39, 0.29) is 0 Å². The zero-order valence-electron chi connectivity index (χ0n) is 7.65. The van der Waals surface area contributed by atoms with Crippen LogP contribution in [0.5, 0.6) is 0 Å². The standard InChI is InChI=1S/C9H15N3O/c10-8-1-4-12(5-2-8)7-9-11-3-6-13-9/h3,6,8H,1-2,4-5,7,10H2. The summed E-state index contributed by atoms with van der Waals surface area (Å²) in [5.74, 6) is 0.801. The second-order valence-corrected chi connectivity index (χ2v) is 3.54. The quantitative estimate of drug-likeness (QED) is 0.725. The number of nitrogens with two attached hydrogens (primary N) is 1. The minimum absolute atomic E-state index is 0.390. The molecule has 0 radical (unpaired) electrons. The fourth-order valence-electron chi connectivity index (χ4n) is 1.63. The number of hydrogen-bond acceptors (Lipinski definition) is 4. The molecule has 2 rings (SSSR count). The van der Waals surface area contributed by atoms with Crippen LogP contribution in [0.3, 0.4) is 0 Å². The van der Waals surface area contributed by atoms with Gasteiger partial charge in [-0.25, -0.2) is 4.98 Å². The first-order valence-corrected chi connectivity index (χ1v) is 4.71. The number of hydrogen-bond donors (Lipinski definition) is 1. The van der Waals surface area contributed by atoms with Crippen molar-refractivity contribution >= 4 is 0 Å². The maximum absolute atomic E-state index is 5.80. The van der Waals surface area contributed by atoms with Crippen LogP contribution in [-0.2, 0) is 6.54 Å². The lowest BCUT2D eigenvalue weighted by Crippen LogP contribution is -2.39. The fourth-order valence-corrected chi connectivity index (χ4v) is 1.63. The molecule has 0 bridgehead atoms. The molecule has 72 valence electrons. The van der Waals surface area contributed by atoms with E-state index in [0.29, 0.717) is 6.04 Å². The molecule has 1 saturated heterocycles. The summed E-state index contributed by atoms with van der Waals surface area (Å²) < 4.78 is 5.18. The van der Waals surface area contributed by atoms with Crippen molar-refractivity contribution in [3.63, 3.8) is 0 Å². The van der Waals surface area contributed by atoms with E-state index in [1.54, 1.807) is 12.5 Å². The SMILES string of the molecule is NC1CCN(Cc2ncco2)CC1. The van der Waals surface area contributed by atoms with Crippen LogP contribution in [0, 0.1) is 0 Å². The normalized spacial score (nSPS) is 20.7. The van der Waals surface area contributed by atoms with Crippen LogP contribution in [0.1, 0.15) is 18.7 Å². The number of rotatable bonds is 2. The average molecular weight is 181 g/mol. The third-order valence-corrected chi connectivity index (χ3v) is 2.47. The second-order valence-electron chi connectivity index (χ2n) is 3.54. The fraction of sp³-hybridized carbons (Fsp3) is 0.667. The molecule has 1 aromatic heterocycles. The molecule has 1 aromatic rings. The molecule has 2 N–H and O–H groups in total. The highest BCUT2D eigenvalue weighted by molar-refractivity contribution is 4.82. The van der Waals surface area contributed by atoms with Gasteiger partial charge in [-0.3, -0.25) is 4.90 Å². The van der Waals surface area contributed by atoms with E-state index in [1.165, 1.54) is 0 Å². The molecule has 4 heteroatoms. The number of aromatic nitrogens is 1. The summed E-state index contributed by atoms with van der Waals surface area (Å²) >= 11 is 0. The van der Waals surface area contributed by atoms with Crippen LogP contribution in [0.4, 0.5) is 0 Å². The molecule has 0 aliphatic carbocycles. The summed E-state index contributed by atoms with van der Waals surface area (Å²) in [6, 6.07) is 0.390. The lowest BCUT2D eigenvalue weighted by atomic mass is 10.1. The first kappa shape index (κ1) is 8.72. The van der Waals surface area contributed by atoms with E-state index in [4.69, 9.17) is 10.2 Å². The summed E-state index contributed by atoms with van der Waals surface area (Å²) in [6.07, 6.45) is 5.47. The van der Waals surface area contributed by atoms with E-state index >= 15 is 0 Å². The molecule has 2 heterocycles. The molecule has 1 aliphatic rings. The van der Waals surface area contributed by atoms with E-state index in [0.717, 1.165) is 38.4 Å². The Morgan fingerprint density at radius 2 is 2.31 bits per heavy atom. The highest BCUT2D eigenvalue weighted by Gasteiger charge is 2.16. The predicted octanol–water partition coefficient (Wildman–Crippen LogP) is 0.598. The van der Waals surface area contributed by atoms with E-state index in [9.17, 15) is 0 Å². The topological polar surface area (TPSA) is 55.3 Å². The van der Waals surface area contributed by atoms with Crippen molar-refractivity contribution in [1.29, 1.82) is 0 Å².